The Bertz CT molecular complexity index is 602. The van der Waals surface area contributed by atoms with Crippen LogP contribution in [0.2, 0.25) is 5.02 Å². The second-order valence-corrected chi connectivity index (χ2v) is 4.90. The van der Waals surface area contributed by atoms with Crippen LogP contribution in [0.15, 0.2) is 42.7 Å². The molecule has 0 radical (unpaired) electrons. The smallest absolute Gasteiger partial charge is 0.255 e. The first-order chi connectivity index (χ1) is 9.58. The lowest BCUT2D eigenvalue weighted by Gasteiger charge is -2.18. The molecule has 0 saturated heterocycles. The van der Waals surface area contributed by atoms with Gasteiger partial charge < -0.3 is 10.0 Å². The van der Waals surface area contributed by atoms with Crippen LogP contribution in [-0.2, 0) is 6.42 Å². The van der Waals surface area contributed by atoms with E-state index in [2.05, 4.69) is 4.98 Å². The lowest BCUT2D eigenvalue weighted by molar-refractivity contribution is 0.0796. The SMILES string of the molecule is CN(CCc1ccncc1)C(=O)c1cc(O)ccc1Cl. The van der Waals surface area contributed by atoms with E-state index in [1.807, 2.05) is 12.1 Å². The molecular formula is C15H15ClN2O2. The first-order valence-electron chi connectivity index (χ1n) is 6.21. The average molecular weight is 291 g/mol. The largest absolute Gasteiger partial charge is 0.508 e. The van der Waals surface area contributed by atoms with Crippen LogP contribution in [0, 0.1) is 0 Å². The van der Waals surface area contributed by atoms with Gasteiger partial charge in [-0.3, -0.25) is 9.78 Å². The summed E-state index contributed by atoms with van der Waals surface area (Å²) in [4.78, 5) is 17.8. The molecule has 0 fully saturated rings. The van der Waals surface area contributed by atoms with Crippen molar-refractivity contribution < 1.29 is 9.90 Å². The van der Waals surface area contributed by atoms with Gasteiger partial charge in [0.15, 0.2) is 0 Å². The Hall–Kier alpha value is -2.07. The third-order valence-corrected chi connectivity index (χ3v) is 3.34. The molecule has 4 nitrogen and oxygen atoms in total. The minimum absolute atomic E-state index is 0.0280. The van der Waals surface area contributed by atoms with Crippen LogP contribution >= 0.6 is 11.6 Å². The van der Waals surface area contributed by atoms with E-state index in [9.17, 15) is 9.90 Å². The van der Waals surface area contributed by atoms with Crippen LogP contribution in [0.3, 0.4) is 0 Å². The second kappa shape index (κ2) is 6.39. The van der Waals surface area contributed by atoms with Gasteiger partial charge in [-0.15, -0.1) is 0 Å². The molecule has 1 amide bonds. The van der Waals surface area contributed by atoms with Gasteiger partial charge in [0.1, 0.15) is 5.75 Å². The monoisotopic (exact) mass is 290 g/mol. The maximum absolute atomic E-state index is 12.3. The molecule has 2 aromatic rings. The van der Waals surface area contributed by atoms with Gasteiger partial charge in [-0.2, -0.15) is 0 Å². The van der Waals surface area contributed by atoms with E-state index < -0.39 is 0 Å². The molecular weight excluding hydrogens is 276 g/mol. The zero-order valence-corrected chi connectivity index (χ0v) is 11.8. The van der Waals surface area contributed by atoms with E-state index in [1.165, 1.54) is 18.2 Å². The normalized spacial score (nSPS) is 10.3. The highest BCUT2D eigenvalue weighted by molar-refractivity contribution is 6.33. The summed E-state index contributed by atoms with van der Waals surface area (Å²) in [6, 6.07) is 8.18. The predicted molar refractivity (Wildman–Crippen MR) is 78.0 cm³/mol. The lowest BCUT2D eigenvalue weighted by atomic mass is 10.1. The number of phenols is 1. The quantitative estimate of drug-likeness (QED) is 0.942. The Morgan fingerprint density at radius 3 is 2.70 bits per heavy atom. The zero-order chi connectivity index (χ0) is 14.5. The number of phenolic OH excluding ortho intramolecular Hbond substituents is 1. The number of carbonyl (C=O) groups excluding carboxylic acids is 1. The van der Waals surface area contributed by atoms with Crippen molar-refractivity contribution >= 4 is 17.5 Å². The molecule has 0 unspecified atom stereocenters. The molecule has 0 atom stereocenters. The summed E-state index contributed by atoms with van der Waals surface area (Å²) in [6.45, 7) is 0.564. The van der Waals surface area contributed by atoms with Gasteiger partial charge in [0.2, 0.25) is 0 Å². The molecule has 1 aromatic heterocycles. The zero-order valence-electron chi connectivity index (χ0n) is 11.1. The van der Waals surface area contributed by atoms with E-state index in [0.717, 1.165) is 12.0 Å². The summed E-state index contributed by atoms with van der Waals surface area (Å²) >= 11 is 5.99. The number of likely N-dealkylation sites (N-methyl/N-ethyl adjacent to an activating group) is 1. The van der Waals surface area contributed by atoms with Crippen molar-refractivity contribution in [2.45, 2.75) is 6.42 Å². The number of nitrogens with zero attached hydrogens (tertiary/aromatic N) is 2. The second-order valence-electron chi connectivity index (χ2n) is 4.50. The first kappa shape index (κ1) is 14.3. The maximum atomic E-state index is 12.3. The number of benzene rings is 1. The minimum atomic E-state index is -0.208. The average Bonchev–Trinajstić information content (AvgIpc) is 2.47. The van der Waals surface area contributed by atoms with Gasteiger partial charge in [-0.25, -0.2) is 0 Å². The fourth-order valence-electron chi connectivity index (χ4n) is 1.83. The third-order valence-electron chi connectivity index (χ3n) is 3.01. The molecule has 0 aliphatic rings. The van der Waals surface area contributed by atoms with E-state index in [-0.39, 0.29) is 11.7 Å². The number of halogens is 1. The van der Waals surface area contributed by atoms with Crippen molar-refractivity contribution in [2.75, 3.05) is 13.6 Å². The van der Waals surface area contributed by atoms with Gasteiger partial charge in [0.25, 0.3) is 5.91 Å². The van der Waals surface area contributed by atoms with Gasteiger partial charge >= 0.3 is 0 Å². The summed E-state index contributed by atoms with van der Waals surface area (Å²) in [5, 5.41) is 9.78. The molecule has 2 rings (SSSR count). The number of aromatic nitrogens is 1. The highest BCUT2D eigenvalue weighted by Crippen LogP contribution is 2.22. The molecule has 5 heteroatoms. The first-order valence-corrected chi connectivity index (χ1v) is 6.58. The van der Waals surface area contributed by atoms with Crippen molar-refractivity contribution in [2.24, 2.45) is 0 Å². The van der Waals surface area contributed by atoms with E-state index >= 15 is 0 Å². The van der Waals surface area contributed by atoms with Crippen LogP contribution < -0.4 is 0 Å². The van der Waals surface area contributed by atoms with Crippen LogP contribution in [0.5, 0.6) is 5.75 Å². The highest BCUT2D eigenvalue weighted by Gasteiger charge is 2.15. The van der Waals surface area contributed by atoms with Crippen molar-refractivity contribution in [1.29, 1.82) is 0 Å². The van der Waals surface area contributed by atoms with Gasteiger partial charge in [0, 0.05) is 26.0 Å². The predicted octanol–water partition coefficient (Wildman–Crippen LogP) is 2.76. The lowest BCUT2D eigenvalue weighted by Crippen LogP contribution is -2.29. The fraction of sp³-hybridized carbons (Fsp3) is 0.200. The summed E-state index contributed by atoms with van der Waals surface area (Å²) in [7, 11) is 1.71. The molecule has 1 N–H and O–H groups in total. The molecule has 0 spiro atoms. The minimum Gasteiger partial charge on any atom is -0.508 e. The highest BCUT2D eigenvalue weighted by atomic mass is 35.5. The molecule has 104 valence electrons. The summed E-state index contributed by atoms with van der Waals surface area (Å²) in [5.74, 6) is -0.180. The Labute approximate surface area is 122 Å². The molecule has 0 bridgehead atoms. The number of pyridine rings is 1. The van der Waals surface area contributed by atoms with Crippen molar-refractivity contribution in [1.82, 2.24) is 9.88 Å². The van der Waals surface area contributed by atoms with Crippen molar-refractivity contribution in [3.05, 3.63) is 58.9 Å². The molecule has 20 heavy (non-hydrogen) atoms. The Morgan fingerprint density at radius 1 is 1.30 bits per heavy atom. The molecule has 1 aromatic carbocycles. The Morgan fingerprint density at radius 2 is 2.00 bits per heavy atom. The number of aromatic hydroxyl groups is 1. The summed E-state index contributed by atoms with van der Waals surface area (Å²) in [5.41, 5.74) is 1.42. The van der Waals surface area contributed by atoms with Crippen molar-refractivity contribution in [3.63, 3.8) is 0 Å². The maximum Gasteiger partial charge on any atom is 0.255 e. The Balaban J connectivity index is 2.03. The number of rotatable bonds is 4. The fourth-order valence-corrected chi connectivity index (χ4v) is 2.03. The number of carbonyl (C=O) groups is 1. The number of hydrogen-bond acceptors (Lipinski definition) is 3. The molecule has 0 aliphatic heterocycles. The molecule has 0 saturated carbocycles. The number of hydrogen-bond donors (Lipinski definition) is 1. The van der Waals surface area contributed by atoms with E-state index in [1.54, 1.807) is 24.3 Å². The van der Waals surface area contributed by atoms with Crippen LogP contribution in [0.25, 0.3) is 0 Å². The summed E-state index contributed by atoms with van der Waals surface area (Å²) < 4.78 is 0. The third kappa shape index (κ3) is 3.48. The van der Waals surface area contributed by atoms with Crippen LogP contribution in [-0.4, -0.2) is 34.5 Å². The summed E-state index contributed by atoms with van der Waals surface area (Å²) in [6.07, 6.45) is 4.19. The van der Waals surface area contributed by atoms with E-state index in [0.29, 0.717) is 17.1 Å². The number of amides is 1. The standard InChI is InChI=1S/C15H15ClN2O2/c1-18(9-6-11-4-7-17-8-5-11)15(20)13-10-12(19)2-3-14(13)16/h2-5,7-8,10,19H,6,9H2,1H3. The molecule has 1 heterocycles. The van der Waals surface area contributed by atoms with Crippen LogP contribution in [0.4, 0.5) is 0 Å². The van der Waals surface area contributed by atoms with Gasteiger partial charge in [0.05, 0.1) is 10.6 Å². The Kier molecular flexibility index (Phi) is 4.58. The van der Waals surface area contributed by atoms with Crippen LogP contribution in [0.1, 0.15) is 15.9 Å². The van der Waals surface area contributed by atoms with Gasteiger partial charge in [-0.1, -0.05) is 11.6 Å². The topological polar surface area (TPSA) is 53.4 Å². The molecule has 0 aliphatic carbocycles. The van der Waals surface area contributed by atoms with Gasteiger partial charge in [-0.05, 0) is 42.3 Å². The van der Waals surface area contributed by atoms with Crippen molar-refractivity contribution in [3.8, 4) is 5.75 Å². The van der Waals surface area contributed by atoms with E-state index in [4.69, 9.17) is 11.6 Å².